The minimum atomic E-state index is 0.0319. The van der Waals surface area contributed by atoms with Crippen molar-refractivity contribution in [2.24, 2.45) is 5.92 Å². The van der Waals surface area contributed by atoms with Gasteiger partial charge in [0.1, 0.15) is 17.2 Å². The van der Waals surface area contributed by atoms with Crippen molar-refractivity contribution >= 4 is 5.78 Å². The van der Waals surface area contributed by atoms with Gasteiger partial charge in [0.25, 0.3) is 0 Å². The van der Waals surface area contributed by atoms with Gasteiger partial charge in [-0.25, -0.2) is 0 Å². The summed E-state index contributed by atoms with van der Waals surface area (Å²) in [5.41, 5.74) is 0.686. The van der Waals surface area contributed by atoms with E-state index in [0.29, 0.717) is 29.4 Å². The van der Waals surface area contributed by atoms with E-state index in [2.05, 4.69) is 33.0 Å². The first-order valence-corrected chi connectivity index (χ1v) is 9.91. The number of ether oxygens (including phenoxy) is 2. The summed E-state index contributed by atoms with van der Waals surface area (Å²) in [5.74, 6) is 2.45. The number of methoxy groups -OCH3 is 1. The summed E-state index contributed by atoms with van der Waals surface area (Å²) in [7, 11) is 1.59. The van der Waals surface area contributed by atoms with Gasteiger partial charge in [-0.05, 0) is 70.7 Å². The molecule has 2 aromatic carbocycles. The average molecular weight is 382 g/mol. The highest BCUT2D eigenvalue weighted by molar-refractivity contribution is 5.99. The van der Waals surface area contributed by atoms with Crippen LogP contribution in [0.1, 0.15) is 57.3 Å². The minimum Gasteiger partial charge on any atom is -0.496 e. The van der Waals surface area contributed by atoms with E-state index in [1.165, 1.54) is 0 Å². The van der Waals surface area contributed by atoms with Crippen LogP contribution >= 0.6 is 0 Å². The Hall–Kier alpha value is -2.33. The molecule has 28 heavy (non-hydrogen) atoms. The number of hydrogen-bond donors (Lipinski definition) is 1. The fraction of sp³-hybridized carbons (Fsp3) is 0.458. The fourth-order valence-electron chi connectivity index (χ4n) is 4.64. The number of para-hydroxylation sites is 1. The highest BCUT2D eigenvalue weighted by Crippen LogP contribution is 2.36. The number of hydrogen-bond acceptors (Lipinski definition) is 4. The molecule has 0 bridgehead atoms. The Kier molecular flexibility index (Phi) is 5.80. The van der Waals surface area contributed by atoms with E-state index in [1.807, 2.05) is 42.5 Å². The quantitative estimate of drug-likeness (QED) is 0.660. The molecular weight excluding hydrogens is 350 g/mol. The van der Waals surface area contributed by atoms with E-state index in [0.717, 1.165) is 18.6 Å². The maximum Gasteiger partial charge on any atom is 0.166 e. The molecule has 1 heterocycles. The van der Waals surface area contributed by atoms with Crippen molar-refractivity contribution in [1.29, 1.82) is 0 Å². The second-order valence-corrected chi connectivity index (χ2v) is 9.07. The molecule has 0 atom stereocenters. The first-order chi connectivity index (χ1) is 13.2. The Labute approximate surface area is 168 Å². The average Bonchev–Trinajstić information content (AvgIpc) is 2.59. The minimum absolute atomic E-state index is 0.0319. The lowest BCUT2D eigenvalue weighted by Gasteiger charge is -2.46. The van der Waals surface area contributed by atoms with Gasteiger partial charge in [0.05, 0.1) is 12.7 Å². The highest BCUT2D eigenvalue weighted by atomic mass is 16.5. The molecule has 1 saturated heterocycles. The van der Waals surface area contributed by atoms with Gasteiger partial charge in [0.15, 0.2) is 5.78 Å². The zero-order chi connectivity index (χ0) is 20.4. The molecule has 1 aliphatic heterocycles. The van der Waals surface area contributed by atoms with Crippen molar-refractivity contribution in [1.82, 2.24) is 5.32 Å². The molecule has 1 N–H and O–H groups in total. The summed E-state index contributed by atoms with van der Waals surface area (Å²) in [5, 5.41) is 3.68. The second kappa shape index (κ2) is 7.96. The number of rotatable bonds is 6. The summed E-state index contributed by atoms with van der Waals surface area (Å²) in [6.07, 6.45) is 2.50. The summed E-state index contributed by atoms with van der Waals surface area (Å²) in [6.45, 7) is 8.84. The molecule has 4 nitrogen and oxygen atoms in total. The predicted molar refractivity (Wildman–Crippen MR) is 112 cm³/mol. The third kappa shape index (κ3) is 5.14. The number of carbonyl (C=O) groups is 1. The third-order valence-corrected chi connectivity index (χ3v) is 5.20. The van der Waals surface area contributed by atoms with Crippen molar-refractivity contribution in [2.45, 2.75) is 58.0 Å². The number of ketones is 1. The topological polar surface area (TPSA) is 47.6 Å². The van der Waals surface area contributed by atoms with Crippen LogP contribution in [0.4, 0.5) is 0 Å². The normalized spacial score (nSPS) is 18.5. The first kappa shape index (κ1) is 20.4. The van der Waals surface area contributed by atoms with Crippen molar-refractivity contribution in [2.75, 3.05) is 7.11 Å². The van der Waals surface area contributed by atoms with Gasteiger partial charge in [-0.15, -0.1) is 0 Å². The SMILES string of the molecule is COc1cc(Oc2ccccc2)ccc1C(=O)CC1CC(C)(C)NC(C)(C)C1. The van der Waals surface area contributed by atoms with Crippen LogP contribution in [0.5, 0.6) is 17.2 Å². The van der Waals surface area contributed by atoms with E-state index in [9.17, 15) is 4.79 Å². The number of piperidine rings is 1. The molecule has 0 saturated carbocycles. The molecule has 3 rings (SSSR count). The lowest BCUT2D eigenvalue weighted by atomic mass is 9.74. The Morgan fingerprint density at radius 2 is 1.64 bits per heavy atom. The molecule has 150 valence electrons. The molecule has 1 fully saturated rings. The fourth-order valence-corrected chi connectivity index (χ4v) is 4.64. The van der Waals surface area contributed by atoms with E-state index >= 15 is 0 Å². The monoisotopic (exact) mass is 381 g/mol. The van der Waals surface area contributed by atoms with Crippen molar-refractivity contribution < 1.29 is 14.3 Å². The van der Waals surface area contributed by atoms with Crippen LogP contribution < -0.4 is 14.8 Å². The van der Waals surface area contributed by atoms with Gasteiger partial charge in [0.2, 0.25) is 0 Å². The van der Waals surface area contributed by atoms with Gasteiger partial charge in [-0.2, -0.15) is 0 Å². The highest BCUT2D eigenvalue weighted by Gasteiger charge is 2.38. The lowest BCUT2D eigenvalue weighted by Crippen LogP contribution is -2.57. The van der Waals surface area contributed by atoms with Gasteiger partial charge in [-0.1, -0.05) is 18.2 Å². The van der Waals surface area contributed by atoms with E-state index in [1.54, 1.807) is 13.2 Å². The van der Waals surface area contributed by atoms with Crippen LogP contribution in [0, 0.1) is 5.92 Å². The molecule has 0 radical (unpaired) electrons. The molecule has 0 amide bonds. The Morgan fingerprint density at radius 1 is 1.00 bits per heavy atom. The summed E-state index contributed by atoms with van der Waals surface area (Å²) >= 11 is 0. The van der Waals surface area contributed by atoms with Crippen molar-refractivity contribution in [3.8, 4) is 17.2 Å². The predicted octanol–water partition coefficient (Wildman–Crippen LogP) is 5.62. The van der Waals surface area contributed by atoms with Crippen LogP contribution in [-0.2, 0) is 0 Å². The first-order valence-electron chi connectivity index (χ1n) is 9.91. The molecule has 2 aromatic rings. The maximum absolute atomic E-state index is 13.0. The van der Waals surface area contributed by atoms with Crippen molar-refractivity contribution in [3.05, 3.63) is 54.1 Å². The van der Waals surface area contributed by atoms with Crippen LogP contribution in [0.15, 0.2) is 48.5 Å². The summed E-state index contributed by atoms with van der Waals surface area (Å²) in [4.78, 5) is 13.0. The maximum atomic E-state index is 13.0. The summed E-state index contributed by atoms with van der Waals surface area (Å²) in [6, 6.07) is 15.0. The number of benzene rings is 2. The Balaban J connectivity index is 1.74. The molecule has 0 spiro atoms. The van der Waals surface area contributed by atoms with E-state index in [-0.39, 0.29) is 16.9 Å². The Morgan fingerprint density at radius 3 is 2.25 bits per heavy atom. The lowest BCUT2D eigenvalue weighted by molar-refractivity contribution is 0.0862. The van der Waals surface area contributed by atoms with Crippen LogP contribution in [-0.4, -0.2) is 24.0 Å². The molecule has 0 unspecified atom stereocenters. The van der Waals surface area contributed by atoms with Crippen LogP contribution in [0.25, 0.3) is 0 Å². The Bertz CT molecular complexity index is 811. The number of carbonyl (C=O) groups excluding carboxylic acids is 1. The molecule has 0 aliphatic carbocycles. The van der Waals surface area contributed by atoms with E-state index in [4.69, 9.17) is 9.47 Å². The molecule has 0 aromatic heterocycles. The van der Waals surface area contributed by atoms with Gasteiger partial charge >= 0.3 is 0 Å². The molecule has 4 heteroatoms. The third-order valence-electron chi connectivity index (χ3n) is 5.20. The van der Waals surface area contributed by atoms with E-state index < -0.39 is 0 Å². The zero-order valence-corrected chi connectivity index (χ0v) is 17.5. The smallest absolute Gasteiger partial charge is 0.166 e. The summed E-state index contributed by atoms with van der Waals surface area (Å²) < 4.78 is 11.4. The standard InChI is InChI=1S/C24H31NO3/c1-23(2)15-17(16-24(3,4)25-23)13-21(26)20-12-11-19(14-22(20)27-5)28-18-9-7-6-8-10-18/h6-12,14,17,25H,13,15-16H2,1-5H3. The molecular formula is C24H31NO3. The number of nitrogens with one attached hydrogen (secondary N) is 1. The van der Waals surface area contributed by atoms with Crippen LogP contribution in [0.2, 0.25) is 0 Å². The molecule has 1 aliphatic rings. The largest absolute Gasteiger partial charge is 0.496 e. The zero-order valence-electron chi connectivity index (χ0n) is 17.5. The van der Waals surface area contributed by atoms with Crippen LogP contribution in [0.3, 0.4) is 0 Å². The van der Waals surface area contributed by atoms with Gasteiger partial charge in [0, 0.05) is 23.6 Å². The van der Waals surface area contributed by atoms with Gasteiger partial charge in [-0.3, -0.25) is 4.79 Å². The second-order valence-electron chi connectivity index (χ2n) is 9.07. The van der Waals surface area contributed by atoms with Crippen molar-refractivity contribution in [3.63, 3.8) is 0 Å². The van der Waals surface area contributed by atoms with Gasteiger partial charge < -0.3 is 14.8 Å². The number of Topliss-reactive ketones (excluding diaryl/α,β-unsaturated/α-hetero) is 1.